The summed E-state index contributed by atoms with van der Waals surface area (Å²) < 4.78 is 1.77. The van der Waals surface area contributed by atoms with E-state index >= 15 is 0 Å². The standard InChI is InChI=1S/C9H12N8O2/c1-16-5-14-15-6(16)2-3-11-9-7(17(18)19)8(10)12-4-13-9/h4-5H,2-3H2,1H3,(H3,10,11,12,13). The fraction of sp³-hybridized carbons (Fsp3) is 0.333. The molecule has 2 aromatic rings. The Morgan fingerprint density at radius 1 is 1.53 bits per heavy atom. The fourth-order valence-electron chi connectivity index (χ4n) is 1.53. The van der Waals surface area contributed by atoms with Crippen LogP contribution in [0.25, 0.3) is 0 Å². The highest BCUT2D eigenvalue weighted by atomic mass is 16.6. The zero-order chi connectivity index (χ0) is 13.8. The summed E-state index contributed by atoms with van der Waals surface area (Å²) in [5.74, 6) is 0.693. The summed E-state index contributed by atoms with van der Waals surface area (Å²) >= 11 is 0. The van der Waals surface area contributed by atoms with Gasteiger partial charge < -0.3 is 15.6 Å². The molecule has 0 spiro atoms. The topological polar surface area (TPSA) is 138 Å². The maximum absolute atomic E-state index is 10.9. The van der Waals surface area contributed by atoms with Crippen LogP contribution in [0.4, 0.5) is 17.3 Å². The zero-order valence-corrected chi connectivity index (χ0v) is 10.1. The van der Waals surface area contributed by atoms with Gasteiger partial charge in [0.1, 0.15) is 18.5 Å². The van der Waals surface area contributed by atoms with E-state index in [1.54, 1.807) is 10.9 Å². The number of rotatable bonds is 5. The number of aryl methyl sites for hydroxylation is 1. The first-order chi connectivity index (χ1) is 9.09. The lowest BCUT2D eigenvalue weighted by molar-refractivity contribution is -0.383. The third-order valence-corrected chi connectivity index (χ3v) is 2.48. The molecule has 0 saturated carbocycles. The van der Waals surface area contributed by atoms with E-state index in [4.69, 9.17) is 5.73 Å². The number of aromatic nitrogens is 5. The van der Waals surface area contributed by atoms with Gasteiger partial charge in [-0.05, 0) is 0 Å². The maximum atomic E-state index is 10.9. The lowest BCUT2D eigenvalue weighted by Crippen LogP contribution is -2.12. The molecule has 19 heavy (non-hydrogen) atoms. The number of nitrogens with one attached hydrogen (secondary N) is 1. The average molecular weight is 264 g/mol. The number of nitrogen functional groups attached to an aromatic ring is 1. The number of nitrogens with two attached hydrogens (primary N) is 1. The Labute approximate surface area is 107 Å². The van der Waals surface area contributed by atoms with E-state index in [2.05, 4.69) is 25.5 Å². The van der Waals surface area contributed by atoms with Crippen LogP contribution in [0.3, 0.4) is 0 Å². The molecule has 0 aliphatic heterocycles. The fourth-order valence-corrected chi connectivity index (χ4v) is 1.53. The molecule has 0 atom stereocenters. The molecule has 0 aliphatic rings. The van der Waals surface area contributed by atoms with Crippen LogP contribution >= 0.6 is 0 Å². The van der Waals surface area contributed by atoms with Crippen molar-refractivity contribution in [2.45, 2.75) is 6.42 Å². The van der Waals surface area contributed by atoms with Crippen LogP contribution in [0, 0.1) is 10.1 Å². The summed E-state index contributed by atoms with van der Waals surface area (Å²) in [4.78, 5) is 17.7. The SMILES string of the molecule is Cn1cnnc1CCNc1ncnc(N)c1[N+](=O)[O-]. The second-order valence-corrected chi connectivity index (χ2v) is 3.75. The third-order valence-electron chi connectivity index (χ3n) is 2.48. The number of hydrogen-bond acceptors (Lipinski definition) is 8. The van der Waals surface area contributed by atoms with Crippen molar-refractivity contribution in [3.63, 3.8) is 0 Å². The second kappa shape index (κ2) is 5.25. The maximum Gasteiger partial charge on any atom is 0.352 e. The van der Waals surface area contributed by atoms with E-state index < -0.39 is 4.92 Å². The van der Waals surface area contributed by atoms with Gasteiger partial charge in [0.15, 0.2) is 0 Å². The molecule has 0 unspecified atom stereocenters. The van der Waals surface area contributed by atoms with Crippen molar-refractivity contribution in [3.8, 4) is 0 Å². The molecule has 0 fully saturated rings. The summed E-state index contributed by atoms with van der Waals surface area (Å²) in [5, 5.41) is 21.4. The van der Waals surface area contributed by atoms with Gasteiger partial charge in [0.25, 0.3) is 0 Å². The summed E-state index contributed by atoms with van der Waals surface area (Å²) in [6, 6.07) is 0. The minimum atomic E-state index is -0.611. The zero-order valence-electron chi connectivity index (χ0n) is 10.1. The minimum Gasteiger partial charge on any atom is -0.378 e. The Hall–Kier alpha value is -2.78. The van der Waals surface area contributed by atoms with Crippen LogP contribution < -0.4 is 11.1 Å². The van der Waals surface area contributed by atoms with Crippen LogP contribution in [-0.2, 0) is 13.5 Å². The number of nitrogens with zero attached hydrogens (tertiary/aromatic N) is 6. The smallest absolute Gasteiger partial charge is 0.352 e. The molecule has 0 aromatic carbocycles. The van der Waals surface area contributed by atoms with Crippen molar-refractivity contribution in [1.29, 1.82) is 0 Å². The Kier molecular flexibility index (Phi) is 3.50. The van der Waals surface area contributed by atoms with Crippen LogP contribution in [0.2, 0.25) is 0 Å². The van der Waals surface area contributed by atoms with Gasteiger partial charge in [-0.25, -0.2) is 9.97 Å². The second-order valence-electron chi connectivity index (χ2n) is 3.75. The van der Waals surface area contributed by atoms with Crippen molar-refractivity contribution >= 4 is 17.3 Å². The molecule has 2 heterocycles. The highest BCUT2D eigenvalue weighted by Gasteiger charge is 2.20. The number of hydrogen-bond donors (Lipinski definition) is 2. The summed E-state index contributed by atoms with van der Waals surface area (Å²) in [6.07, 6.45) is 3.31. The van der Waals surface area contributed by atoms with Gasteiger partial charge in [0.05, 0.1) is 4.92 Å². The normalized spacial score (nSPS) is 10.4. The predicted molar refractivity (Wildman–Crippen MR) is 66.3 cm³/mol. The molecule has 3 N–H and O–H groups in total. The van der Waals surface area contributed by atoms with Crippen LogP contribution in [-0.4, -0.2) is 36.2 Å². The summed E-state index contributed by atoms with van der Waals surface area (Å²) in [7, 11) is 1.82. The molecule has 10 nitrogen and oxygen atoms in total. The van der Waals surface area contributed by atoms with Crippen LogP contribution in [0.1, 0.15) is 5.82 Å². The monoisotopic (exact) mass is 264 g/mol. The highest BCUT2D eigenvalue weighted by molar-refractivity contribution is 5.67. The molecular weight excluding hydrogens is 252 g/mol. The van der Waals surface area contributed by atoms with Crippen molar-refractivity contribution in [3.05, 3.63) is 28.6 Å². The molecular formula is C9H12N8O2. The molecule has 2 rings (SSSR count). The quantitative estimate of drug-likeness (QED) is 0.556. The Balaban J connectivity index is 2.06. The van der Waals surface area contributed by atoms with Gasteiger partial charge in [-0.2, -0.15) is 0 Å². The Bertz CT molecular complexity index is 596. The molecule has 0 bridgehead atoms. The van der Waals surface area contributed by atoms with E-state index in [9.17, 15) is 10.1 Å². The molecule has 0 amide bonds. The molecule has 10 heteroatoms. The lowest BCUT2D eigenvalue weighted by atomic mass is 10.3. The van der Waals surface area contributed by atoms with E-state index in [-0.39, 0.29) is 17.3 Å². The Morgan fingerprint density at radius 2 is 2.32 bits per heavy atom. The molecule has 0 aliphatic carbocycles. The van der Waals surface area contributed by atoms with E-state index in [0.717, 1.165) is 5.82 Å². The van der Waals surface area contributed by atoms with E-state index in [0.29, 0.717) is 13.0 Å². The first-order valence-corrected chi connectivity index (χ1v) is 5.41. The molecule has 0 radical (unpaired) electrons. The van der Waals surface area contributed by atoms with Gasteiger partial charge in [0.2, 0.25) is 11.6 Å². The van der Waals surface area contributed by atoms with Crippen LogP contribution in [0.5, 0.6) is 0 Å². The van der Waals surface area contributed by atoms with Crippen molar-refractivity contribution < 1.29 is 4.92 Å². The van der Waals surface area contributed by atoms with Gasteiger partial charge >= 0.3 is 5.69 Å². The highest BCUT2D eigenvalue weighted by Crippen LogP contribution is 2.25. The lowest BCUT2D eigenvalue weighted by Gasteiger charge is -2.06. The minimum absolute atomic E-state index is 0.0969. The Morgan fingerprint density at radius 3 is 2.95 bits per heavy atom. The third kappa shape index (κ3) is 2.73. The number of anilines is 2. The van der Waals surface area contributed by atoms with E-state index in [1.165, 1.54) is 6.33 Å². The largest absolute Gasteiger partial charge is 0.378 e. The van der Waals surface area contributed by atoms with E-state index in [1.807, 2.05) is 7.05 Å². The average Bonchev–Trinajstić information content (AvgIpc) is 2.75. The molecule has 100 valence electrons. The summed E-state index contributed by atoms with van der Waals surface area (Å²) in [5.41, 5.74) is 5.13. The molecule has 0 saturated heterocycles. The summed E-state index contributed by atoms with van der Waals surface area (Å²) in [6.45, 7) is 0.420. The van der Waals surface area contributed by atoms with Gasteiger partial charge in [-0.15, -0.1) is 10.2 Å². The molecule has 2 aromatic heterocycles. The first-order valence-electron chi connectivity index (χ1n) is 5.41. The van der Waals surface area contributed by atoms with Crippen molar-refractivity contribution in [1.82, 2.24) is 24.7 Å². The van der Waals surface area contributed by atoms with Gasteiger partial charge in [0, 0.05) is 20.0 Å². The van der Waals surface area contributed by atoms with Crippen molar-refractivity contribution in [2.75, 3.05) is 17.6 Å². The first kappa shape index (κ1) is 12.7. The van der Waals surface area contributed by atoms with Gasteiger partial charge in [-0.3, -0.25) is 10.1 Å². The number of nitro groups is 1. The van der Waals surface area contributed by atoms with Gasteiger partial charge in [-0.1, -0.05) is 0 Å². The van der Waals surface area contributed by atoms with Crippen molar-refractivity contribution in [2.24, 2.45) is 7.05 Å². The van der Waals surface area contributed by atoms with Crippen LogP contribution in [0.15, 0.2) is 12.7 Å². The predicted octanol–water partition coefficient (Wildman–Crippen LogP) is -0.250.